The zero-order valence-corrected chi connectivity index (χ0v) is 12.8. The number of cyclic esters (lactones) is 1. The highest BCUT2D eigenvalue weighted by atomic mass is 16.6. The number of benzene rings is 1. The van der Waals surface area contributed by atoms with E-state index in [0.29, 0.717) is 25.3 Å². The number of hydrogen-bond acceptors (Lipinski definition) is 3. The molecule has 5 nitrogen and oxygen atoms in total. The molecule has 0 atom stereocenters. The first kappa shape index (κ1) is 15.4. The Morgan fingerprint density at radius 2 is 1.95 bits per heavy atom. The fourth-order valence-electron chi connectivity index (χ4n) is 2.07. The Balaban J connectivity index is 1.92. The van der Waals surface area contributed by atoms with Gasteiger partial charge in [0.15, 0.2) is 0 Å². The molecule has 1 aromatic rings. The van der Waals surface area contributed by atoms with E-state index in [0.717, 1.165) is 12.1 Å². The number of carbonyl (C=O) groups excluding carboxylic acids is 2. The third-order valence-corrected chi connectivity index (χ3v) is 3.36. The second-order valence-electron chi connectivity index (χ2n) is 6.38. The Morgan fingerprint density at radius 1 is 1.29 bits per heavy atom. The summed E-state index contributed by atoms with van der Waals surface area (Å²) in [5.74, 6) is -0.0881. The first-order valence-corrected chi connectivity index (χ1v) is 7.19. The van der Waals surface area contributed by atoms with E-state index in [-0.39, 0.29) is 17.4 Å². The molecule has 1 fully saturated rings. The largest absolute Gasteiger partial charge is 0.447 e. The van der Waals surface area contributed by atoms with E-state index in [1.807, 2.05) is 0 Å². The lowest BCUT2D eigenvalue weighted by molar-refractivity contribution is 0.0949. The van der Waals surface area contributed by atoms with E-state index in [1.165, 1.54) is 0 Å². The second-order valence-corrected chi connectivity index (χ2v) is 6.38. The molecule has 5 heteroatoms. The molecule has 0 aliphatic carbocycles. The van der Waals surface area contributed by atoms with Gasteiger partial charge in [-0.05, 0) is 36.1 Å². The predicted molar refractivity (Wildman–Crippen MR) is 81.5 cm³/mol. The van der Waals surface area contributed by atoms with Crippen molar-refractivity contribution in [1.82, 2.24) is 5.32 Å². The van der Waals surface area contributed by atoms with Crippen LogP contribution in [0.4, 0.5) is 10.5 Å². The van der Waals surface area contributed by atoms with Crippen LogP contribution >= 0.6 is 0 Å². The van der Waals surface area contributed by atoms with E-state index in [9.17, 15) is 9.59 Å². The monoisotopic (exact) mass is 290 g/mol. The zero-order chi connectivity index (χ0) is 15.5. The smallest absolute Gasteiger partial charge is 0.414 e. The fourth-order valence-corrected chi connectivity index (χ4v) is 2.07. The van der Waals surface area contributed by atoms with Crippen LogP contribution in [0, 0.1) is 5.41 Å². The lowest BCUT2D eigenvalue weighted by atomic mass is 9.92. The fraction of sp³-hybridized carbons (Fsp3) is 0.500. The van der Waals surface area contributed by atoms with Crippen LogP contribution in [0.1, 0.15) is 37.6 Å². The molecule has 1 aliphatic rings. The van der Waals surface area contributed by atoms with Gasteiger partial charge in [0.2, 0.25) is 0 Å². The average Bonchev–Trinajstić information content (AvgIpc) is 2.83. The molecule has 1 saturated heterocycles. The van der Waals surface area contributed by atoms with Gasteiger partial charge in [-0.2, -0.15) is 0 Å². The van der Waals surface area contributed by atoms with Crippen LogP contribution in [0.3, 0.4) is 0 Å². The number of rotatable bonds is 4. The van der Waals surface area contributed by atoms with Gasteiger partial charge in [0.1, 0.15) is 6.61 Å². The van der Waals surface area contributed by atoms with Crippen molar-refractivity contribution in [2.75, 3.05) is 24.6 Å². The lowest BCUT2D eigenvalue weighted by Gasteiger charge is -2.18. The summed E-state index contributed by atoms with van der Waals surface area (Å²) in [5, 5.41) is 2.91. The summed E-state index contributed by atoms with van der Waals surface area (Å²) in [5.41, 5.74) is 1.55. The number of nitrogens with one attached hydrogen (secondary N) is 1. The molecular formula is C16H22N2O3. The summed E-state index contributed by atoms with van der Waals surface area (Å²) in [6.45, 7) is 8.04. The number of anilines is 1. The first-order chi connectivity index (χ1) is 9.87. The predicted octanol–water partition coefficient (Wildman–Crippen LogP) is 2.81. The highest BCUT2D eigenvalue weighted by Gasteiger charge is 2.23. The summed E-state index contributed by atoms with van der Waals surface area (Å²) in [4.78, 5) is 25.0. The third-order valence-electron chi connectivity index (χ3n) is 3.36. The van der Waals surface area contributed by atoms with Crippen molar-refractivity contribution >= 4 is 17.7 Å². The van der Waals surface area contributed by atoms with Gasteiger partial charge in [-0.15, -0.1) is 0 Å². The van der Waals surface area contributed by atoms with E-state index < -0.39 is 0 Å². The molecule has 1 N–H and O–H groups in total. The van der Waals surface area contributed by atoms with Crippen molar-refractivity contribution in [3.05, 3.63) is 29.8 Å². The molecule has 1 aliphatic heterocycles. The Kier molecular flexibility index (Phi) is 4.50. The average molecular weight is 290 g/mol. The van der Waals surface area contributed by atoms with Gasteiger partial charge >= 0.3 is 6.09 Å². The van der Waals surface area contributed by atoms with Crippen molar-refractivity contribution in [2.24, 2.45) is 5.41 Å². The Bertz CT molecular complexity index is 517. The van der Waals surface area contributed by atoms with Crippen LogP contribution < -0.4 is 10.2 Å². The highest BCUT2D eigenvalue weighted by Crippen LogP contribution is 2.19. The molecule has 0 aromatic heterocycles. The van der Waals surface area contributed by atoms with Crippen molar-refractivity contribution in [1.29, 1.82) is 0 Å². The maximum Gasteiger partial charge on any atom is 0.414 e. The van der Waals surface area contributed by atoms with Gasteiger partial charge in [0.25, 0.3) is 5.91 Å². The maximum atomic E-state index is 12.0. The Labute approximate surface area is 125 Å². The highest BCUT2D eigenvalue weighted by molar-refractivity contribution is 5.95. The van der Waals surface area contributed by atoms with Crippen LogP contribution in [0.15, 0.2) is 24.3 Å². The molecule has 0 spiro atoms. The Hall–Kier alpha value is -2.04. The van der Waals surface area contributed by atoms with E-state index in [2.05, 4.69) is 26.1 Å². The second kappa shape index (κ2) is 6.16. The minimum Gasteiger partial charge on any atom is -0.447 e. The minimum atomic E-state index is -0.336. The van der Waals surface area contributed by atoms with Crippen molar-refractivity contribution in [3.8, 4) is 0 Å². The van der Waals surface area contributed by atoms with Crippen molar-refractivity contribution < 1.29 is 14.3 Å². The summed E-state index contributed by atoms with van der Waals surface area (Å²) >= 11 is 0. The van der Waals surface area contributed by atoms with E-state index >= 15 is 0 Å². The number of amides is 2. The molecule has 1 aromatic carbocycles. The number of ether oxygens (including phenoxy) is 1. The van der Waals surface area contributed by atoms with Crippen molar-refractivity contribution in [3.63, 3.8) is 0 Å². The Morgan fingerprint density at radius 3 is 2.48 bits per heavy atom. The van der Waals surface area contributed by atoms with Gasteiger partial charge in [0, 0.05) is 17.8 Å². The standard InChI is InChI=1S/C16H22N2O3/c1-16(2,3)8-9-17-14(19)12-4-6-13(7-5-12)18-10-11-21-15(18)20/h4-7H,8-11H2,1-3H3,(H,17,19). The third kappa shape index (κ3) is 4.21. The summed E-state index contributed by atoms with van der Waals surface area (Å²) in [6, 6.07) is 7.00. The summed E-state index contributed by atoms with van der Waals surface area (Å²) in [7, 11) is 0. The molecule has 21 heavy (non-hydrogen) atoms. The van der Waals surface area contributed by atoms with Crippen LogP contribution in [0.5, 0.6) is 0 Å². The number of hydrogen-bond donors (Lipinski definition) is 1. The molecule has 0 bridgehead atoms. The molecule has 0 radical (unpaired) electrons. The summed E-state index contributed by atoms with van der Waals surface area (Å²) < 4.78 is 4.89. The molecule has 1 heterocycles. The van der Waals surface area contributed by atoms with Gasteiger partial charge in [-0.25, -0.2) is 4.79 Å². The SMILES string of the molecule is CC(C)(C)CCNC(=O)c1ccc(N2CCOC2=O)cc1. The summed E-state index contributed by atoms with van der Waals surface area (Å²) in [6.07, 6.45) is 0.591. The number of carbonyl (C=O) groups is 2. The molecule has 2 amide bonds. The molecule has 2 rings (SSSR count). The zero-order valence-electron chi connectivity index (χ0n) is 12.8. The topological polar surface area (TPSA) is 58.6 Å². The van der Waals surface area contributed by atoms with E-state index in [4.69, 9.17) is 4.74 Å². The van der Waals surface area contributed by atoms with Crippen LogP contribution in [0.2, 0.25) is 0 Å². The normalized spacial score (nSPS) is 15.0. The van der Waals surface area contributed by atoms with Gasteiger partial charge in [-0.3, -0.25) is 9.69 Å². The molecular weight excluding hydrogens is 268 g/mol. The first-order valence-electron chi connectivity index (χ1n) is 7.19. The molecule has 0 unspecified atom stereocenters. The number of nitrogens with zero attached hydrogens (tertiary/aromatic N) is 1. The molecule has 114 valence electrons. The maximum absolute atomic E-state index is 12.0. The van der Waals surface area contributed by atoms with Gasteiger partial charge in [-0.1, -0.05) is 20.8 Å². The molecule has 0 saturated carbocycles. The minimum absolute atomic E-state index is 0.0881. The van der Waals surface area contributed by atoms with Crippen LogP contribution in [-0.4, -0.2) is 31.7 Å². The van der Waals surface area contributed by atoms with Gasteiger partial charge in [0.05, 0.1) is 6.54 Å². The quantitative estimate of drug-likeness (QED) is 0.927. The lowest BCUT2D eigenvalue weighted by Crippen LogP contribution is -2.27. The van der Waals surface area contributed by atoms with Crippen LogP contribution in [0.25, 0.3) is 0 Å². The van der Waals surface area contributed by atoms with Crippen molar-refractivity contribution in [2.45, 2.75) is 27.2 Å². The van der Waals surface area contributed by atoms with E-state index in [1.54, 1.807) is 29.2 Å². The van der Waals surface area contributed by atoms with Crippen LogP contribution in [-0.2, 0) is 4.74 Å². The van der Waals surface area contributed by atoms with Gasteiger partial charge < -0.3 is 10.1 Å².